The second-order valence-corrected chi connectivity index (χ2v) is 8.28. The summed E-state index contributed by atoms with van der Waals surface area (Å²) in [5.74, 6) is 1.82. The number of nitrogens with zero attached hydrogens (tertiary/aromatic N) is 4. The molecule has 2 fully saturated rings. The van der Waals surface area contributed by atoms with Crippen LogP contribution in [0.5, 0.6) is 0 Å². The zero-order chi connectivity index (χ0) is 20.1. The fourth-order valence-corrected chi connectivity index (χ4v) is 4.49. The quantitative estimate of drug-likeness (QED) is 0.336. The Morgan fingerprint density at radius 1 is 1.23 bits per heavy atom. The summed E-state index contributed by atoms with van der Waals surface area (Å²) in [4.78, 5) is 11.5. The molecule has 0 bridgehead atoms. The molecule has 0 amide bonds. The molecule has 1 aromatic carbocycles. The molecule has 164 valence electrons. The van der Waals surface area contributed by atoms with Gasteiger partial charge in [-0.25, -0.2) is 0 Å². The van der Waals surface area contributed by atoms with Crippen LogP contribution in [0.2, 0.25) is 5.02 Å². The molecule has 2 heterocycles. The van der Waals surface area contributed by atoms with E-state index in [1.165, 1.54) is 38.8 Å². The number of nitrogens with one attached hydrogen (secondary N) is 2. The van der Waals surface area contributed by atoms with Crippen LogP contribution in [0, 0.1) is 0 Å². The van der Waals surface area contributed by atoms with Crippen LogP contribution in [-0.2, 0) is 6.54 Å². The number of aliphatic imine (C=N–C) groups is 1. The standard InChI is InChI=1S/C21H29ClN6O.HI/c1-23-21(25-17-9-11-28(12-10-17)18-7-2-3-8-18)24-14-19-26-20(27-29-19)15-5-4-6-16(22)13-15;/h4-6,13,17-18H,2-3,7-12,14H2,1H3,(H2,23,24,25);1H. The van der Waals surface area contributed by atoms with Crippen molar-refractivity contribution in [3.05, 3.63) is 35.2 Å². The summed E-state index contributed by atoms with van der Waals surface area (Å²) in [5.41, 5.74) is 0.837. The van der Waals surface area contributed by atoms with Gasteiger partial charge in [0.2, 0.25) is 11.7 Å². The molecule has 1 saturated carbocycles. The summed E-state index contributed by atoms with van der Waals surface area (Å²) in [5, 5.41) is 11.5. The fraction of sp³-hybridized carbons (Fsp3) is 0.571. The highest BCUT2D eigenvalue weighted by Gasteiger charge is 2.27. The average Bonchev–Trinajstić information content (AvgIpc) is 3.44. The monoisotopic (exact) mass is 544 g/mol. The third-order valence-electron chi connectivity index (χ3n) is 5.89. The first-order chi connectivity index (χ1) is 14.2. The molecule has 9 heteroatoms. The molecule has 0 unspecified atom stereocenters. The van der Waals surface area contributed by atoms with Crippen molar-refractivity contribution in [1.82, 2.24) is 25.7 Å². The van der Waals surface area contributed by atoms with Gasteiger partial charge in [-0.2, -0.15) is 4.98 Å². The lowest BCUT2D eigenvalue weighted by molar-refractivity contribution is 0.150. The summed E-state index contributed by atoms with van der Waals surface area (Å²) in [6.07, 6.45) is 7.85. The molecule has 1 aliphatic carbocycles. The van der Waals surface area contributed by atoms with E-state index in [4.69, 9.17) is 16.1 Å². The van der Waals surface area contributed by atoms with E-state index in [2.05, 4.69) is 30.7 Å². The first-order valence-corrected chi connectivity index (χ1v) is 10.9. The van der Waals surface area contributed by atoms with Crippen molar-refractivity contribution >= 4 is 41.5 Å². The third-order valence-corrected chi connectivity index (χ3v) is 6.13. The van der Waals surface area contributed by atoms with Crippen LogP contribution in [0.25, 0.3) is 11.4 Å². The van der Waals surface area contributed by atoms with E-state index in [0.717, 1.165) is 30.4 Å². The second kappa shape index (κ2) is 11.3. The molecule has 1 saturated heterocycles. The Morgan fingerprint density at radius 2 is 2.00 bits per heavy atom. The topological polar surface area (TPSA) is 78.6 Å². The molecule has 4 rings (SSSR count). The summed E-state index contributed by atoms with van der Waals surface area (Å²) >= 11 is 6.04. The average molecular weight is 545 g/mol. The number of likely N-dealkylation sites (tertiary alicyclic amines) is 1. The van der Waals surface area contributed by atoms with Crippen LogP contribution < -0.4 is 10.6 Å². The van der Waals surface area contributed by atoms with E-state index in [-0.39, 0.29) is 24.0 Å². The molecule has 0 spiro atoms. The Labute approximate surface area is 200 Å². The normalized spacial score (nSPS) is 18.9. The van der Waals surface area contributed by atoms with Gasteiger partial charge in [0.25, 0.3) is 0 Å². The lowest BCUT2D eigenvalue weighted by atomic mass is 10.0. The van der Waals surface area contributed by atoms with Crippen molar-refractivity contribution in [2.45, 2.75) is 57.2 Å². The Bertz CT molecular complexity index is 830. The highest BCUT2D eigenvalue weighted by atomic mass is 127. The van der Waals surface area contributed by atoms with Crippen molar-refractivity contribution in [2.75, 3.05) is 20.1 Å². The van der Waals surface area contributed by atoms with Crippen LogP contribution in [0.15, 0.2) is 33.8 Å². The summed E-state index contributed by atoms with van der Waals surface area (Å²) in [7, 11) is 1.79. The van der Waals surface area contributed by atoms with Gasteiger partial charge in [-0.05, 0) is 37.8 Å². The highest BCUT2D eigenvalue weighted by molar-refractivity contribution is 14.0. The maximum atomic E-state index is 6.04. The fourth-order valence-electron chi connectivity index (χ4n) is 4.30. The first kappa shape index (κ1) is 23.3. The van der Waals surface area contributed by atoms with Gasteiger partial charge in [-0.15, -0.1) is 24.0 Å². The van der Waals surface area contributed by atoms with Crippen molar-refractivity contribution in [3.63, 3.8) is 0 Å². The Morgan fingerprint density at radius 3 is 2.70 bits per heavy atom. The molecule has 2 N–H and O–H groups in total. The number of piperidine rings is 1. The highest BCUT2D eigenvalue weighted by Crippen LogP contribution is 2.26. The molecule has 7 nitrogen and oxygen atoms in total. The number of hydrogen-bond donors (Lipinski definition) is 2. The second-order valence-electron chi connectivity index (χ2n) is 7.84. The zero-order valence-electron chi connectivity index (χ0n) is 17.3. The minimum absolute atomic E-state index is 0. The number of rotatable bonds is 5. The van der Waals surface area contributed by atoms with Gasteiger partial charge in [0, 0.05) is 42.8 Å². The van der Waals surface area contributed by atoms with E-state index in [1.807, 2.05) is 24.3 Å². The van der Waals surface area contributed by atoms with Crippen LogP contribution in [0.1, 0.15) is 44.4 Å². The van der Waals surface area contributed by atoms with E-state index < -0.39 is 0 Å². The number of hydrogen-bond acceptors (Lipinski definition) is 5. The molecule has 30 heavy (non-hydrogen) atoms. The summed E-state index contributed by atoms with van der Waals surface area (Å²) < 4.78 is 5.36. The minimum atomic E-state index is 0. The molecule has 2 aliphatic rings. The van der Waals surface area contributed by atoms with Crippen molar-refractivity contribution < 1.29 is 4.52 Å². The lowest BCUT2D eigenvalue weighted by Crippen LogP contribution is -2.50. The van der Waals surface area contributed by atoms with Crippen molar-refractivity contribution in [2.24, 2.45) is 4.99 Å². The maximum Gasteiger partial charge on any atom is 0.246 e. The lowest BCUT2D eigenvalue weighted by Gasteiger charge is -2.36. The van der Waals surface area contributed by atoms with Gasteiger partial charge >= 0.3 is 0 Å². The SMILES string of the molecule is CN=C(NCc1nc(-c2cccc(Cl)c2)no1)NC1CCN(C2CCCC2)CC1.I. The number of aromatic nitrogens is 2. The van der Waals surface area contributed by atoms with Crippen LogP contribution >= 0.6 is 35.6 Å². The van der Waals surface area contributed by atoms with Gasteiger partial charge < -0.3 is 20.1 Å². The third kappa shape index (κ3) is 6.07. The van der Waals surface area contributed by atoms with Gasteiger partial charge in [0.05, 0.1) is 6.54 Å². The smallest absolute Gasteiger partial charge is 0.246 e. The number of benzene rings is 1. The van der Waals surface area contributed by atoms with Crippen LogP contribution in [0.3, 0.4) is 0 Å². The molecule has 0 radical (unpaired) electrons. The van der Waals surface area contributed by atoms with E-state index in [0.29, 0.717) is 29.3 Å². The minimum Gasteiger partial charge on any atom is -0.354 e. The van der Waals surface area contributed by atoms with Crippen LogP contribution in [0.4, 0.5) is 0 Å². The van der Waals surface area contributed by atoms with Crippen molar-refractivity contribution in [3.8, 4) is 11.4 Å². The Balaban J connectivity index is 0.00000256. The Hall–Kier alpha value is -1.39. The van der Waals surface area contributed by atoms with Crippen LogP contribution in [-0.4, -0.2) is 53.2 Å². The molecular formula is C21H30ClIN6O. The molecule has 2 aromatic rings. The number of halogens is 2. The molecule has 0 atom stereocenters. The van der Waals surface area contributed by atoms with Gasteiger partial charge in [-0.1, -0.05) is 41.7 Å². The van der Waals surface area contributed by atoms with E-state index in [9.17, 15) is 0 Å². The molecule has 1 aliphatic heterocycles. The Kier molecular flexibility index (Phi) is 8.76. The first-order valence-electron chi connectivity index (χ1n) is 10.5. The predicted molar refractivity (Wildman–Crippen MR) is 130 cm³/mol. The van der Waals surface area contributed by atoms with Gasteiger partial charge in [0.15, 0.2) is 5.96 Å². The van der Waals surface area contributed by atoms with Gasteiger partial charge in [0.1, 0.15) is 0 Å². The summed E-state index contributed by atoms with van der Waals surface area (Å²) in [6.45, 7) is 2.77. The molecule has 1 aromatic heterocycles. The summed E-state index contributed by atoms with van der Waals surface area (Å²) in [6, 6.07) is 8.69. The predicted octanol–water partition coefficient (Wildman–Crippen LogP) is 4.08. The van der Waals surface area contributed by atoms with Gasteiger partial charge in [-0.3, -0.25) is 4.99 Å². The molecular weight excluding hydrogens is 515 g/mol. The largest absolute Gasteiger partial charge is 0.354 e. The zero-order valence-corrected chi connectivity index (χ0v) is 20.4. The van der Waals surface area contributed by atoms with E-state index >= 15 is 0 Å². The maximum absolute atomic E-state index is 6.04. The van der Waals surface area contributed by atoms with Crippen molar-refractivity contribution in [1.29, 1.82) is 0 Å². The number of guanidine groups is 1. The van der Waals surface area contributed by atoms with E-state index in [1.54, 1.807) is 7.05 Å².